The second-order valence-corrected chi connectivity index (χ2v) is 5.86. The zero-order chi connectivity index (χ0) is 14.1. The van der Waals surface area contributed by atoms with E-state index in [1.54, 1.807) is 0 Å². The van der Waals surface area contributed by atoms with E-state index in [1.165, 1.54) is 5.56 Å². The summed E-state index contributed by atoms with van der Waals surface area (Å²) >= 11 is 0. The third-order valence-corrected chi connectivity index (χ3v) is 4.40. The Kier molecular flexibility index (Phi) is 5.12. The van der Waals surface area contributed by atoms with Gasteiger partial charge in [0.05, 0.1) is 12.1 Å². The first kappa shape index (κ1) is 16.1. The van der Waals surface area contributed by atoms with Crippen molar-refractivity contribution in [2.24, 2.45) is 0 Å². The van der Waals surface area contributed by atoms with Crippen molar-refractivity contribution in [2.75, 3.05) is 6.54 Å². The van der Waals surface area contributed by atoms with Crippen molar-refractivity contribution in [3.8, 4) is 5.75 Å². The number of carbonyl (C=O) groups excluding carboxylic acids is 1. The fourth-order valence-electron chi connectivity index (χ4n) is 3.24. The van der Waals surface area contributed by atoms with Gasteiger partial charge in [-0.3, -0.25) is 4.79 Å². The number of hydrogen-bond donors (Lipinski definition) is 2. The molecule has 0 aliphatic carbocycles. The Morgan fingerprint density at radius 2 is 2.19 bits per heavy atom. The van der Waals surface area contributed by atoms with Crippen LogP contribution in [0.2, 0.25) is 0 Å². The van der Waals surface area contributed by atoms with Crippen LogP contribution in [0.3, 0.4) is 0 Å². The second-order valence-electron chi connectivity index (χ2n) is 5.86. The SMILES string of the molecule is CC(NC(=O)C1CCCN1)C1Oc2ccccc2C1C.Cl. The minimum atomic E-state index is -0.0310. The molecule has 1 amide bonds. The number of fused-ring (bicyclic) bond motifs is 1. The van der Waals surface area contributed by atoms with E-state index in [0.717, 1.165) is 25.1 Å². The van der Waals surface area contributed by atoms with Crippen LogP contribution in [0.1, 0.15) is 38.2 Å². The predicted molar refractivity (Wildman–Crippen MR) is 85.2 cm³/mol. The van der Waals surface area contributed by atoms with E-state index in [-0.39, 0.29) is 36.5 Å². The van der Waals surface area contributed by atoms with Crippen molar-refractivity contribution in [3.63, 3.8) is 0 Å². The molecule has 0 spiro atoms. The number of amides is 1. The molecule has 0 aromatic heterocycles. The molecule has 2 heterocycles. The predicted octanol–water partition coefficient (Wildman–Crippen LogP) is 2.23. The second kappa shape index (κ2) is 6.67. The minimum absolute atomic E-state index is 0. The highest BCUT2D eigenvalue weighted by Crippen LogP contribution is 2.38. The molecule has 4 atom stereocenters. The van der Waals surface area contributed by atoms with Crippen molar-refractivity contribution in [2.45, 2.75) is 50.8 Å². The normalized spacial score (nSPS) is 28.2. The van der Waals surface area contributed by atoms with E-state index in [1.807, 2.05) is 25.1 Å². The van der Waals surface area contributed by atoms with E-state index in [9.17, 15) is 4.79 Å². The molecule has 1 saturated heterocycles. The topological polar surface area (TPSA) is 50.4 Å². The van der Waals surface area contributed by atoms with Crippen molar-refractivity contribution in [1.29, 1.82) is 0 Å². The average molecular weight is 311 g/mol. The number of hydrogen-bond acceptors (Lipinski definition) is 3. The maximum absolute atomic E-state index is 12.2. The summed E-state index contributed by atoms with van der Waals surface area (Å²) in [5, 5.41) is 6.33. The molecule has 116 valence electrons. The van der Waals surface area contributed by atoms with Crippen molar-refractivity contribution in [3.05, 3.63) is 29.8 Å². The van der Waals surface area contributed by atoms with Gasteiger partial charge in [-0.2, -0.15) is 0 Å². The number of para-hydroxylation sites is 1. The lowest BCUT2D eigenvalue weighted by atomic mass is 9.93. The molecule has 2 aliphatic rings. The zero-order valence-electron chi connectivity index (χ0n) is 12.5. The highest BCUT2D eigenvalue weighted by atomic mass is 35.5. The molecule has 4 unspecified atom stereocenters. The van der Waals surface area contributed by atoms with E-state index in [4.69, 9.17) is 4.74 Å². The molecule has 0 bridgehead atoms. The first-order valence-corrected chi connectivity index (χ1v) is 7.46. The smallest absolute Gasteiger partial charge is 0.237 e. The van der Waals surface area contributed by atoms with Crippen LogP contribution in [-0.4, -0.2) is 30.6 Å². The van der Waals surface area contributed by atoms with E-state index in [2.05, 4.69) is 23.6 Å². The molecule has 0 saturated carbocycles. The van der Waals surface area contributed by atoms with Crippen molar-refractivity contribution in [1.82, 2.24) is 10.6 Å². The van der Waals surface area contributed by atoms with Crippen molar-refractivity contribution < 1.29 is 9.53 Å². The van der Waals surface area contributed by atoms with Gasteiger partial charge >= 0.3 is 0 Å². The Hall–Kier alpha value is -1.26. The summed E-state index contributed by atoms with van der Waals surface area (Å²) in [6.07, 6.45) is 2.02. The largest absolute Gasteiger partial charge is 0.487 e. The molecule has 3 rings (SSSR count). The fraction of sp³-hybridized carbons (Fsp3) is 0.562. The van der Waals surface area contributed by atoms with E-state index in [0.29, 0.717) is 5.92 Å². The first-order valence-electron chi connectivity index (χ1n) is 7.46. The Morgan fingerprint density at radius 3 is 2.86 bits per heavy atom. The fourth-order valence-corrected chi connectivity index (χ4v) is 3.24. The number of benzene rings is 1. The lowest BCUT2D eigenvalue weighted by molar-refractivity contribution is -0.124. The molecule has 2 N–H and O–H groups in total. The van der Waals surface area contributed by atoms with Gasteiger partial charge in [0.2, 0.25) is 5.91 Å². The number of halogens is 1. The Balaban J connectivity index is 0.00000161. The summed E-state index contributed by atoms with van der Waals surface area (Å²) in [5.41, 5.74) is 1.23. The van der Waals surface area contributed by atoms with Crippen LogP contribution in [-0.2, 0) is 4.79 Å². The maximum Gasteiger partial charge on any atom is 0.237 e. The van der Waals surface area contributed by atoms with Crippen LogP contribution in [0.15, 0.2) is 24.3 Å². The van der Waals surface area contributed by atoms with Gasteiger partial charge in [-0.1, -0.05) is 25.1 Å². The van der Waals surface area contributed by atoms with Crippen molar-refractivity contribution >= 4 is 18.3 Å². The number of rotatable bonds is 3. The summed E-state index contributed by atoms with van der Waals surface area (Å²) in [4.78, 5) is 12.2. The van der Waals surface area contributed by atoms with Crippen LogP contribution in [0.5, 0.6) is 5.75 Å². The first-order chi connectivity index (χ1) is 9.66. The molecule has 5 heteroatoms. The molecule has 1 fully saturated rings. The summed E-state index contributed by atoms with van der Waals surface area (Å²) in [6, 6.07) is 8.10. The zero-order valence-corrected chi connectivity index (χ0v) is 13.3. The molecule has 4 nitrogen and oxygen atoms in total. The molecule has 2 aliphatic heterocycles. The summed E-state index contributed by atoms with van der Waals surface area (Å²) in [7, 11) is 0. The van der Waals surface area contributed by atoms with Crippen LogP contribution in [0.25, 0.3) is 0 Å². The number of nitrogens with one attached hydrogen (secondary N) is 2. The Bertz CT molecular complexity index is 503. The van der Waals surface area contributed by atoms with Gasteiger partial charge in [0.25, 0.3) is 0 Å². The lowest BCUT2D eigenvalue weighted by Crippen LogP contribution is -2.50. The van der Waals surface area contributed by atoms with Gasteiger partial charge in [-0.15, -0.1) is 12.4 Å². The molecule has 1 aromatic carbocycles. The molecular weight excluding hydrogens is 288 g/mol. The van der Waals surface area contributed by atoms with Gasteiger partial charge in [0, 0.05) is 11.5 Å². The summed E-state index contributed by atoms with van der Waals surface area (Å²) < 4.78 is 6.01. The molecule has 1 aromatic rings. The molecule has 21 heavy (non-hydrogen) atoms. The van der Waals surface area contributed by atoms with Crippen LogP contribution < -0.4 is 15.4 Å². The van der Waals surface area contributed by atoms with Crippen LogP contribution in [0, 0.1) is 0 Å². The monoisotopic (exact) mass is 310 g/mol. The van der Waals surface area contributed by atoms with Gasteiger partial charge in [0.1, 0.15) is 11.9 Å². The van der Waals surface area contributed by atoms with Gasteiger partial charge < -0.3 is 15.4 Å². The van der Waals surface area contributed by atoms with Gasteiger partial charge in [-0.05, 0) is 32.4 Å². The van der Waals surface area contributed by atoms with Crippen LogP contribution >= 0.6 is 12.4 Å². The van der Waals surface area contributed by atoms with E-state index < -0.39 is 0 Å². The lowest BCUT2D eigenvalue weighted by Gasteiger charge is -2.25. The highest BCUT2D eigenvalue weighted by Gasteiger charge is 2.36. The maximum atomic E-state index is 12.2. The number of ether oxygens (including phenoxy) is 1. The highest BCUT2D eigenvalue weighted by molar-refractivity contribution is 5.85. The minimum Gasteiger partial charge on any atom is -0.487 e. The van der Waals surface area contributed by atoms with Gasteiger partial charge in [-0.25, -0.2) is 0 Å². The molecular formula is C16H23ClN2O2. The van der Waals surface area contributed by atoms with Crippen LogP contribution in [0.4, 0.5) is 0 Å². The summed E-state index contributed by atoms with van der Waals surface area (Å²) in [6.45, 7) is 5.13. The average Bonchev–Trinajstić information content (AvgIpc) is 3.07. The Labute approximate surface area is 132 Å². The van der Waals surface area contributed by atoms with Gasteiger partial charge in [0.15, 0.2) is 0 Å². The van der Waals surface area contributed by atoms with E-state index >= 15 is 0 Å². The Morgan fingerprint density at radius 1 is 1.43 bits per heavy atom. The standard InChI is InChI=1S/C16H22N2O2.ClH/c1-10-12-6-3-4-8-14(12)20-15(10)11(2)18-16(19)13-7-5-9-17-13;/h3-4,6,8,10-11,13,15,17H,5,7,9H2,1-2H3,(H,18,19);1H. The molecule has 0 radical (unpaired) electrons. The quantitative estimate of drug-likeness (QED) is 0.900. The third-order valence-electron chi connectivity index (χ3n) is 4.40. The number of carbonyl (C=O) groups is 1. The summed E-state index contributed by atoms with van der Waals surface area (Å²) in [5.74, 6) is 1.35. The third kappa shape index (κ3) is 3.16.